The average Bonchev–Trinajstić information content (AvgIpc) is 2.97. The third kappa shape index (κ3) is 14.1. The minimum absolute atomic E-state index is 0. The first-order chi connectivity index (χ1) is 20.8. The number of aliphatic imine (C=N–C) groups is 2. The third-order valence-corrected chi connectivity index (χ3v) is 8.08. The van der Waals surface area contributed by atoms with Gasteiger partial charge in [-0.05, 0) is 110 Å². The van der Waals surface area contributed by atoms with Crippen LogP contribution < -0.4 is 37.2 Å². The van der Waals surface area contributed by atoms with Crippen molar-refractivity contribution in [3.8, 4) is 0 Å². The van der Waals surface area contributed by atoms with Gasteiger partial charge in [0.15, 0.2) is 0 Å². The summed E-state index contributed by atoms with van der Waals surface area (Å²) in [7, 11) is 0. The van der Waals surface area contributed by atoms with Gasteiger partial charge in [0, 0.05) is 0 Å². The van der Waals surface area contributed by atoms with Crippen molar-refractivity contribution in [1.29, 1.82) is 0 Å². The molecule has 7 heteroatoms. The molecule has 0 aliphatic rings. The van der Waals surface area contributed by atoms with Crippen molar-refractivity contribution in [2.24, 2.45) is 9.98 Å². The van der Waals surface area contributed by atoms with Gasteiger partial charge < -0.3 is 37.2 Å². The van der Waals surface area contributed by atoms with Gasteiger partial charge >= 0.3 is 40.8 Å². The van der Waals surface area contributed by atoms with Crippen molar-refractivity contribution >= 4 is 22.8 Å². The van der Waals surface area contributed by atoms with E-state index in [2.05, 4.69) is 98.7 Å². The molecule has 3 aromatic rings. The zero-order valence-electron chi connectivity index (χ0n) is 30.4. The molecule has 0 fully saturated rings. The molecule has 2 aromatic carbocycles. The Kier molecular flexibility index (Phi) is 25.8. The molecule has 0 saturated heterocycles. The number of hydrogen-bond acceptors (Lipinski definition) is 3. The molecule has 0 unspecified atom stereocenters. The molecule has 0 saturated carbocycles. The summed E-state index contributed by atoms with van der Waals surface area (Å²) in [6.45, 7) is 20.0. The van der Waals surface area contributed by atoms with Crippen molar-refractivity contribution < 1.29 is 78.1 Å². The van der Waals surface area contributed by atoms with Gasteiger partial charge in [0.1, 0.15) is 0 Å². The summed E-state index contributed by atoms with van der Waals surface area (Å²) in [4.78, 5) is 15.8. The van der Waals surface area contributed by atoms with Gasteiger partial charge in [-0.2, -0.15) is 0 Å². The van der Waals surface area contributed by atoms with Crippen LogP contribution in [0.15, 0.2) is 46.4 Å². The molecule has 0 amide bonds. The van der Waals surface area contributed by atoms with Crippen molar-refractivity contribution in [3.05, 3.63) is 86.7 Å². The van der Waals surface area contributed by atoms with Gasteiger partial charge in [0.2, 0.25) is 0 Å². The van der Waals surface area contributed by atoms with E-state index >= 15 is 0 Å². The number of hydrogen-bond donors (Lipinski definition) is 0. The number of rotatable bonds is 16. The number of aryl methyl sites for hydroxylation is 7. The summed E-state index contributed by atoms with van der Waals surface area (Å²) >= 11 is 0. The van der Waals surface area contributed by atoms with E-state index in [1.807, 2.05) is 0 Å². The van der Waals surface area contributed by atoms with E-state index in [0.29, 0.717) is 0 Å². The van der Waals surface area contributed by atoms with E-state index in [-0.39, 0.29) is 78.1 Å². The minimum Gasteiger partial charge on any atom is -1.00 e. The fraction of sp³-hybridized carbons (Fsp3) is 0.525. The molecule has 0 spiro atoms. The predicted octanol–water partition coefficient (Wildman–Crippen LogP) is 2.40. The smallest absolute Gasteiger partial charge is 1.00 e. The van der Waals surface area contributed by atoms with E-state index in [9.17, 15) is 0 Å². The van der Waals surface area contributed by atoms with Crippen LogP contribution in [-0.2, 0) is 38.5 Å². The van der Waals surface area contributed by atoms with Crippen LogP contribution in [0, 0.1) is 47.8 Å². The maximum absolute atomic E-state index is 5.31. The Morgan fingerprint density at radius 1 is 0.489 bits per heavy atom. The first-order valence-corrected chi connectivity index (χ1v) is 17.2. The van der Waals surface area contributed by atoms with Crippen molar-refractivity contribution in [2.45, 2.75) is 139 Å². The van der Waals surface area contributed by atoms with Crippen molar-refractivity contribution in [1.82, 2.24) is 4.98 Å². The molecule has 0 aliphatic carbocycles. The molecule has 47 heavy (non-hydrogen) atoms. The maximum Gasteiger partial charge on any atom is 3.00 e. The fourth-order valence-corrected chi connectivity index (χ4v) is 6.15. The summed E-state index contributed by atoms with van der Waals surface area (Å²) in [5.41, 5.74) is 15.7. The van der Waals surface area contributed by atoms with Crippen LogP contribution in [0.2, 0.25) is 0 Å². The Labute approximate surface area is 338 Å². The molecule has 1 radical (unpaired) electrons. The van der Waals surface area contributed by atoms with Crippen molar-refractivity contribution in [2.75, 3.05) is 0 Å². The van der Waals surface area contributed by atoms with E-state index in [1.165, 1.54) is 51.8 Å². The second-order valence-electron chi connectivity index (χ2n) is 12.3. The summed E-state index contributed by atoms with van der Waals surface area (Å²) in [5, 5.41) is 0. The van der Waals surface area contributed by atoms with Gasteiger partial charge in [-0.1, -0.05) is 104 Å². The van der Waals surface area contributed by atoms with Crippen LogP contribution in [0.25, 0.3) is 0 Å². The van der Waals surface area contributed by atoms with E-state index in [4.69, 9.17) is 15.0 Å². The molecule has 1 aromatic heterocycles. The SMILES string of the molecule is CCCc1cc(CCC)c(N=C(C)c2cc(C)cc(C(C)=Nc3c(CCC)cc(CCC)cc3CCC)n2)c(CCC)c1.[Cl-].[Cl-].[Cl-].[Nd+3]. The van der Waals surface area contributed by atoms with E-state index < -0.39 is 0 Å². The maximum atomic E-state index is 5.31. The molecule has 1 heterocycles. The van der Waals surface area contributed by atoms with Crippen LogP contribution in [0.4, 0.5) is 11.4 Å². The normalized spacial score (nSPS) is 11.3. The third-order valence-electron chi connectivity index (χ3n) is 8.08. The van der Waals surface area contributed by atoms with Gasteiger partial charge in [-0.25, -0.2) is 4.98 Å². The van der Waals surface area contributed by atoms with Crippen molar-refractivity contribution in [3.63, 3.8) is 0 Å². The molecule has 0 aliphatic heterocycles. The van der Waals surface area contributed by atoms with Crippen LogP contribution in [-0.4, -0.2) is 16.4 Å². The molecule has 3 rings (SSSR count). The molecule has 0 bridgehead atoms. The standard InChI is InChI=1S/C40H57N3.3ClH.Nd/c1-10-16-31-24-33(18-12-3)39(34(25-31)19-13-4)41-29(8)37-22-28(7)23-38(43-37)30(9)42-40-35(20-14-5)26-32(17-11-2)27-36(40)21-15-6;;;;/h22-27H,10-21H2,1-9H3;3*1H;/q;;;;+3/p-3. The Hall–Kier alpha value is -0.849. The fourth-order valence-electron chi connectivity index (χ4n) is 6.15. The first kappa shape index (κ1) is 48.3. The van der Waals surface area contributed by atoms with Crippen LogP contribution in [0.1, 0.15) is 144 Å². The number of benzene rings is 2. The van der Waals surface area contributed by atoms with E-state index in [1.54, 1.807) is 0 Å². The Bertz CT molecular complexity index is 1270. The molecule has 0 atom stereocenters. The first-order valence-electron chi connectivity index (χ1n) is 17.2. The van der Waals surface area contributed by atoms with Crippen LogP contribution >= 0.6 is 0 Å². The zero-order chi connectivity index (χ0) is 31.4. The van der Waals surface area contributed by atoms with E-state index in [0.717, 1.165) is 98.4 Å². The molecular formula is C40H57Cl3N3Nd. The molecule has 0 N–H and O–H groups in total. The largest absolute Gasteiger partial charge is 3.00 e. The second kappa shape index (κ2) is 25.2. The quantitative estimate of drug-likeness (QED) is 0.205. The summed E-state index contributed by atoms with van der Waals surface area (Å²) in [5.74, 6) is 0. The van der Waals surface area contributed by atoms with Gasteiger partial charge in [-0.15, -0.1) is 0 Å². The zero-order valence-corrected chi connectivity index (χ0v) is 35.9. The average molecular weight is 831 g/mol. The van der Waals surface area contributed by atoms with Gasteiger partial charge in [-0.3, -0.25) is 9.98 Å². The Morgan fingerprint density at radius 3 is 1.02 bits per heavy atom. The number of pyridine rings is 1. The summed E-state index contributed by atoms with van der Waals surface area (Å²) in [6.07, 6.45) is 13.2. The predicted molar refractivity (Wildman–Crippen MR) is 190 cm³/mol. The Morgan fingerprint density at radius 2 is 0.766 bits per heavy atom. The Balaban J connectivity index is 0. The summed E-state index contributed by atoms with van der Waals surface area (Å²) < 4.78 is 0. The summed E-state index contributed by atoms with van der Waals surface area (Å²) in [6, 6.07) is 13.9. The number of aromatic nitrogens is 1. The monoisotopic (exact) mass is 826 g/mol. The minimum atomic E-state index is 0. The van der Waals surface area contributed by atoms with Gasteiger partial charge in [0.25, 0.3) is 0 Å². The topological polar surface area (TPSA) is 37.6 Å². The molecular weight excluding hydrogens is 773 g/mol. The molecule has 3 nitrogen and oxygen atoms in total. The number of halogens is 3. The second-order valence-corrected chi connectivity index (χ2v) is 12.3. The van der Waals surface area contributed by atoms with Gasteiger partial charge in [0.05, 0.1) is 34.2 Å². The van der Waals surface area contributed by atoms with Crippen LogP contribution in [0.3, 0.4) is 0 Å². The molecule has 257 valence electrons. The number of nitrogens with zero attached hydrogens (tertiary/aromatic N) is 3. The van der Waals surface area contributed by atoms with Crippen LogP contribution in [0.5, 0.6) is 0 Å².